The lowest BCUT2D eigenvalue weighted by Crippen LogP contribution is -2.42. The number of H-pyrrole nitrogens is 1. The largest absolute Gasteiger partial charge is 0.396 e. The number of nitrogen functional groups attached to an aromatic ring is 2. The van der Waals surface area contributed by atoms with Gasteiger partial charge in [0, 0.05) is 37.1 Å². The van der Waals surface area contributed by atoms with Gasteiger partial charge in [-0.3, -0.25) is 14.3 Å². The molecule has 3 aromatic rings. The summed E-state index contributed by atoms with van der Waals surface area (Å²) < 4.78 is 8.54. The lowest BCUT2D eigenvalue weighted by molar-refractivity contribution is -0.00629. The van der Waals surface area contributed by atoms with Gasteiger partial charge in [0.05, 0.1) is 12.9 Å². The van der Waals surface area contributed by atoms with Crippen LogP contribution in [0.5, 0.6) is 0 Å². The number of nitrogens with one attached hydrogen (secondary N) is 1. The number of nitrogens with zero attached hydrogens (tertiary/aromatic N) is 5. The van der Waals surface area contributed by atoms with Crippen LogP contribution in [0.25, 0.3) is 11.2 Å². The third-order valence-electron chi connectivity index (χ3n) is 5.94. The van der Waals surface area contributed by atoms with Crippen LogP contribution in [0.2, 0.25) is 0 Å². The summed E-state index contributed by atoms with van der Waals surface area (Å²) in [6.07, 6.45) is 3.44. The molecule has 4 heterocycles. The highest BCUT2D eigenvalue weighted by atomic mass is 32.2. The Kier molecular flexibility index (Phi) is 7.18. The first kappa shape index (κ1) is 24.2. The number of ether oxygens (including phenoxy) is 1. The predicted molar refractivity (Wildman–Crippen MR) is 124 cm³/mol. The zero-order chi connectivity index (χ0) is 24.4. The van der Waals surface area contributed by atoms with Crippen molar-refractivity contribution in [2.75, 3.05) is 37.0 Å². The highest BCUT2D eigenvalue weighted by molar-refractivity contribution is 8.00. The Morgan fingerprint density at radius 3 is 2.59 bits per heavy atom. The molecule has 1 aliphatic carbocycles. The number of rotatable bonds is 5. The van der Waals surface area contributed by atoms with Gasteiger partial charge >= 0.3 is 5.69 Å². The molecule has 1 saturated carbocycles. The van der Waals surface area contributed by atoms with Crippen molar-refractivity contribution in [3.05, 3.63) is 39.4 Å². The number of nitrogens with two attached hydrogens (primary N) is 2. The Bertz CT molecular complexity index is 1260. The van der Waals surface area contributed by atoms with Crippen LogP contribution >= 0.6 is 11.8 Å². The van der Waals surface area contributed by atoms with Crippen molar-refractivity contribution in [2.24, 2.45) is 11.8 Å². The molecule has 0 spiro atoms. The summed E-state index contributed by atoms with van der Waals surface area (Å²) in [7, 11) is 0. The van der Waals surface area contributed by atoms with Crippen LogP contribution in [0.15, 0.2) is 28.2 Å². The molecule has 15 heteroatoms. The second-order valence-electron chi connectivity index (χ2n) is 7.95. The maximum absolute atomic E-state index is 11.7. The van der Waals surface area contributed by atoms with Crippen LogP contribution in [0, 0.1) is 11.8 Å². The molecular weight excluding hydrogens is 468 g/mol. The minimum Gasteiger partial charge on any atom is -0.396 e. The van der Waals surface area contributed by atoms with Crippen molar-refractivity contribution in [2.45, 2.75) is 24.1 Å². The fourth-order valence-corrected chi connectivity index (χ4v) is 5.03. The minimum absolute atomic E-state index is 0.0131. The van der Waals surface area contributed by atoms with Crippen LogP contribution in [-0.2, 0) is 4.74 Å². The van der Waals surface area contributed by atoms with Crippen LogP contribution in [0.4, 0.5) is 11.8 Å². The summed E-state index contributed by atoms with van der Waals surface area (Å²) >= 11 is 1.47. The van der Waals surface area contributed by atoms with Crippen molar-refractivity contribution < 1.29 is 20.1 Å². The van der Waals surface area contributed by atoms with Gasteiger partial charge < -0.3 is 36.1 Å². The predicted octanol–water partition coefficient (Wildman–Crippen LogP) is -1.73. The van der Waals surface area contributed by atoms with E-state index >= 15 is 0 Å². The second-order valence-corrected chi connectivity index (χ2v) is 9.14. The molecule has 34 heavy (non-hydrogen) atoms. The van der Waals surface area contributed by atoms with E-state index in [9.17, 15) is 19.8 Å². The van der Waals surface area contributed by atoms with Gasteiger partial charge in [0.1, 0.15) is 17.5 Å². The average molecular weight is 495 g/mol. The molecule has 8 N–H and O–H groups in total. The normalized spacial score (nSPS) is 26.1. The minimum atomic E-state index is -0.431. The zero-order valence-corrected chi connectivity index (χ0v) is 18.8. The van der Waals surface area contributed by atoms with E-state index in [0.29, 0.717) is 11.4 Å². The Morgan fingerprint density at radius 2 is 1.94 bits per heavy atom. The highest BCUT2D eigenvalue weighted by Crippen LogP contribution is 2.44. The van der Waals surface area contributed by atoms with Gasteiger partial charge in [-0.2, -0.15) is 9.97 Å². The van der Waals surface area contributed by atoms with Crippen molar-refractivity contribution in [3.8, 4) is 0 Å². The standard InChI is InChI=1S/C11H15N5O3.C8H11N3O3S/c12-11-14-9-8(10(19)15-11)13-4-16(9)7-1-5(2-17)6(7)3-18;9-5-1-2-11(8(13)10-5)6-4-15-7(3-12)14-6/h4-7,17-18H,1-3H2,(H3,12,14,15,19);1-2,6-7,12H,3-4H2,(H2,9,10,13)/t5-,6-,7-;6-,7+/m10/s1. The lowest BCUT2D eigenvalue weighted by Gasteiger charge is -2.43. The first-order valence-corrected chi connectivity index (χ1v) is 11.6. The molecule has 0 radical (unpaired) electrons. The molecule has 184 valence electrons. The molecule has 0 unspecified atom stereocenters. The third kappa shape index (κ3) is 4.65. The Labute approximate surface area is 196 Å². The van der Waals surface area contributed by atoms with Crippen LogP contribution in [-0.4, -0.2) is 75.4 Å². The molecule has 14 nitrogen and oxygen atoms in total. The van der Waals surface area contributed by atoms with Gasteiger partial charge in [-0.25, -0.2) is 9.78 Å². The van der Waals surface area contributed by atoms with Crippen molar-refractivity contribution in [1.29, 1.82) is 0 Å². The van der Waals surface area contributed by atoms with Crippen molar-refractivity contribution in [3.63, 3.8) is 0 Å². The van der Waals surface area contributed by atoms with Gasteiger partial charge in [0.2, 0.25) is 5.95 Å². The molecule has 2 fully saturated rings. The quantitative estimate of drug-likeness (QED) is 0.233. The number of thioether (sulfide) groups is 1. The first-order valence-electron chi connectivity index (χ1n) is 10.5. The molecule has 3 aromatic heterocycles. The Morgan fingerprint density at radius 1 is 1.15 bits per heavy atom. The fourth-order valence-electron chi connectivity index (χ4n) is 4.09. The Balaban J connectivity index is 0.000000166. The van der Waals surface area contributed by atoms with E-state index in [1.54, 1.807) is 16.8 Å². The molecule has 2 aliphatic rings. The third-order valence-corrected chi connectivity index (χ3v) is 7.05. The number of hydrogen-bond acceptors (Lipinski definition) is 12. The van der Waals surface area contributed by atoms with Crippen LogP contribution in [0.3, 0.4) is 0 Å². The van der Waals surface area contributed by atoms with E-state index in [-0.39, 0.29) is 72.2 Å². The van der Waals surface area contributed by atoms with Gasteiger partial charge in [-0.15, -0.1) is 11.8 Å². The molecule has 0 aromatic carbocycles. The maximum atomic E-state index is 11.7. The monoisotopic (exact) mass is 494 g/mol. The van der Waals surface area contributed by atoms with E-state index in [0.717, 1.165) is 6.42 Å². The summed E-state index contributed by atoms with van der Waals surface area (Å²) in [6.45, 7) is -0.0307. The molecule has 5 atom stereocenters. The smallest absolute Gasteiger partial charge is 0.351 e. The van der Waals surface area contributed by atoms with E-state index < -0.39 is 5.69 Å². The summed E-state index contributed by atoms with van der Waals surface area (Å²) in [5.41, 5.74) is 10.5. The SMILES string of the molecule is Nc1ccn([C@@H]2CS[C@H](CO)O2)c(=O)n1.Nc1nc2c(ncn2[C@@H]2C[C@H](CO)[C@H]2CO)c(=O)[nH]1. The van der Waals surface area contributed by atoms with Crippen molar-refractivity contribution in [1.82, 2.24) is 29.1 Å². The fraction of sp³-hybridized carbons (Fsp3) is 0.526. The van der Waals surface area contributed by atoms with E-state index in [1.165, 1.54) is 22.7 Å². The van der Waals surface area contributed by atoms with Gasteiger partial charge in [-0.1, -0.05) is 0 Å². The molecule has 0 amide bonds. The topological polar surface area (TPSA) is 220 Å². The van der Waals surface area contributed by atoms with Crippen LogP contribution in [0.1, 0.15) is 18.7 Å². The van der Waals surface area contributed by atoms with Gasteiger partial charge in [-0.05, 0) is 18.4 Å². The second kappa shape index (κ2) is 10.1. The lowest BCUT2D eigenvalue weighted by atomic mass is 9.70. The van der Waals surface area contributed by atoms with Crippen LogP contribution < -0.4 is 22.7 Å². The summed E-state index contributed by atoms with van der Waals surface area (Å²) in [5.74, 6) is 0.881. The zero-order valence-electron chi connectivity index (χ0n) is 18.0. The average Bonchev–Trinajstić information content (AvgIpc) is 3.42. The summed E-state index contributed by atoms with van der Waals surface area (Å²) in [5, 5.41) is 27.4. The Hall–Kier alpha value is -2.98. The molecule has 1 saturated heterocycles. The van der Waals surface area contributed by atoms with E-state index in [2.05, 4.69) is 19.9 Å². The molecule has 1 aliphatic heterocycles. The molecule has 5 rings (SSSR count). The van der Waals surface area contributed by atoms with Gasteiger partial charge in [0.25, 0.3) is 5.56 Å². The number of hydrogen-bond donors (Lipinski definition) is 6. The van der Waals surface area contributed by atoms with Crippen molar-refractivity contribution >= 4 is 34.7 Å². The number of imidazole rings is 1. The van der Waals surface area contributed by atoms with E-state index in [4.69, 9.17) is 21.3 Å². The van der Waals surface area contributed by atoms with Gasteiger partial charge in [0.15, 0.2) is 11.2 Å². The number of anilines is 2. The summed E-state index contributed by atoms with van der Waals surface area (Å²) in [6, 6.07) is 1.53. The highest BCUT2D eigenvalue weighted by Gasteiger charge is 2.42. The number of fused-ring (bicyclic) bond motifs is 1. The maximum Gasteiger partial charge on any atom is 0.351 e. The van der Waals surface area contributed by atoms with E-state index in [1.807, 2.05) is 0 Å². The number of aliphatic hydroxyl groups is 3. The number of aromatic nitrogens is 6. The summed E-state index contributed by atoms with van der Waals surface area (Å²) in [4.78, 5) is 37.2. The molecular formula is C19H26N8O6S. The molecule has 0 bridgehead atoms. The first-order chi connectivity index (χ1) is 16.4. The number of aliphatic hydroxyl groups excluding tert-OH is 3. The number of aromatic amines is 1.